The monoisotopic (exact) mass is 499 g/mol. The van der Waals surface area contributed by atoms with Gasteiger partial charge in [-0.05, 0) is 74.5 Å². The molecule has 2 aromatic rings. The van der Waals surface area contributed by atoms with Gasteiger partial charge in [0.2, 0.25) is 5.91 Å². The number of anilines is 1. The number of likely N-dealkylation sites (tertiary alicyclic amines) is 1. The van der Waals surface area contributed by atoms with Crippen LogP contribution in [0.15, 0.2) is 36.5 Å². The van der Waals surface area contributed by atoms with Crippen molar-refractivity contribution in [3.8, 4) is 6.07 Å². The van der Waals surface area contributed by atoms with Crippen LogP contribution in [0, 0.1) is 36.0 Å². The topological polar surface area (TPSA) is 63.5 Å². The summed E-state index contributed by atoms with van der Waals surface area (Å²) >= 11 is 0. The Hall–Kier alpha value is -3.12. The number of nitrogens with zero attached hydrogens (tertiary/aromatic N) is 5. The van der Waals surface area contributed by atoms with Gasteiger partial charge in [0.1, 0.15) is 0 Å². The summed E-state index contributed by atoms with van der Waals surface area (Å²) < 4.78 is 40.7. The van der Waals surface area contributed by atoms with Crippen LogP contribution in [0.5, 0.6) is 0 Å². The molecule has 192 valence electrons. The molecule has 2 aliphatic rings. The van der Waals surface area contributed by atoms with Crippen molar-refractivity contribution in [3.63, 3.8) is 0 Å². The van der Waals surface area contributed by atoms with Crippen LogP contribution in [0.2, 0.25) is 0 Å². The van der Waals surface area contributed by atoms with Gasteiger partial charge in [-0.1, -0.05) is 6.07 Å². The van der Waals surface area contributed by atoms with Crippen molar-refractivity contribution in [2.75, 3.05) is 45.2 Å². The molecule has 6 nitrogen and oxygen atoms in total. The average molecular weight is 500 g/mol. The molecule has 2 fully saturated rings. The zero-order valence-corrected chi connectivity index (χ0v) is 20.9. The lowest BCUT2D eigenvalue weighted by Crippen LogP contribution is -2.41. The largest absolute Gasteiger partial charge is 0.417 e. The molecule has 2 atom stereocenters. The van der Waals surface area contributed by atoms with E-state index >= 15 is 0 Å². The molecule has 1 aromatic heterocycles. The van der Waals surface area contributed by atoms with Crippen molar-refractivity contribution < 1.29 is 18.0 Å². The second-order valence-electron chi connectivity index (χ2n) is 10.2. The summed E-state index contributed by atoms with van der Waals surface area (Å²) in [4.78, 5) is 23.4. The van der Waals surface area contributed by atoms with E-state index in [0.29, 0.717) is 24.7 Å². The Bertz CT molecular complexity index is 1120. The first-order valence-corrected chi connectivity index (χ1v) is 12.3. The highest BCUT2D eigenvalue weighted by atomic mass is 19.4. The molecule has 0 spiro atoms. The number of hydrogen-bond donors (Lipinski definition) is 0. The van der Waals surface area contributed by atoms with E-state index in [4.69, 9.17) is 5.26 Å². The maximum absolute atomic E-state index is 13.6. The number of piperidine rings is 1. The molecular formula is C27H32F3N5O. The molecule has 1 aromatic carbocycles. The van der Waals surface area contributed by atoms with Crippen molar-refractivity contribution >= 4 is 11.6 Å². The van der Waals surface area contributed by atoms with E-state index in [1.165, 1.54) is 6.07 Å². The van der Waals surface area contributed by atoms with Crippen molar-refractivity contribution in [1.29, 1.82) is 5.26 Å². The normalized spacial score (nSPS) is 21.4. The molecule has 0 bridgehead atoms. The van der Waals surface area contributed by atoms with E-state index in [0.717, 1.165) is 49.8 Å². The highest BCUT2D eigenvalue weighted by Gasteiger charge is 2.44. The number of carbonyl (C=O) groups excluding carboxylic acids is 1. The van der Waals surface area contributed by atoms with Gasteiger partial charge in [-0.2, -0.15) is 18.4 Å². The number of alkyl halides is 3. The van der Waals surface area contributed by atoms with Crippen LogP contribution >= 0.6 is 0 Å². The Morgan fingerprint density at radius 2 is 1.89 bits per heavy atom. The van der Waals surface area contributed by atoms with E-state index in [9.17, 15) is 18.0 Å². The lowest BCUT2D eigenvalue weighted by Gasteiger charge is -2.36. The molecule has 36 heavy (non-hydrogen) atoms. The molecule has 2 saturated heterocycles. The first-order chi connectivity index (χ1) is 17.1. The molecule has 0 saturated carbocycles. The minimum absolute atomic E-state index is 0.0125. The smallest absolute Gasteiger partial charge is 0.370 e. The zero-order valence-electron chi connectivity index (χ0n) is 20.9. The number of pyridine rings is 1. The number of benzene rings is 1. The molecule has 3 heterocycles. The molecule has 0 unspecified atom stereocenters. The average Bonchev–Trinajstić information content (AvgIpc) is 3.30. The Kier molecular flexibility index (Phi) is 7.55. The number of hydrogen-bond acceptors (Lipinski definition) is 5. The van der Waals surface area contributed by atoms with Crippen LogP contribution in [0.4, 0.5) is 18.9 Å². The van der Waals surface area contributed by atoms with E-state index < -0.39 is 17.3 Å². The third-order valence-corrected chi connectivity index (χ3v) is 7.51. The Labute approximate surface area is 210 Å². The molecular weight excluding hydrogens is 467 g/mol. The van der Waals surface area contributed by atoms with Crippen LogP contribution in [-0.4, -0.2) is 61.0 Å². The van der Waals surface area contributed by atoms with Crippen LogP contribution in [0.1, 0.15) is 35.2 Å². The van der Waals surface area contributed by atoms with Crippen molar-refractivity contribution in [3.05, 3.63) is 58.9 Å². The summed E-state index contributed by atoms with van der Waals surface area (Å²) in [6.07, 6.45) is -0.871. The predicted molar refractivity (Wildman–Crippen MR) is 131 cm³/mol. The Morgan fingerprint density at radius 3 is 2.47 bits per heavy atom. The number of halogens is 3. The summed E-state index contributed by atoms with van der Waals surface area (Å²) in [5.41, 5.74) is 1.25. The summed E-state index contributed by atoms with van der Waals surface area (Å²) in [5, 5.41) is 9.13. The Morgan fingerprint density at radius 1 is 1.17 bits per heavy atom. The molecule has 4 rings (SSSR count). The fraction of sp³-hybridized carbons (Fsp3) is 0.519. The van der Waals surface area contributed by atoms with Crippen LogP contribution in [0.25, 0.3) is 0 Å². The molecule has 2 aliphatic heterocycles. The first kappa shape index (κ1) is 26.0. The fourth-order valence-corrected chi connectivity index (χ4v) is 5.53. The van der Waals surface area contributed by atoms with Crippen LogP contribution in [0.3, 0.4) is 0 Å². The van der Waals surface area contributed by atoms with E-state index in [2.05, 4.69) is 22.0 Å². The first-order valence-electron chi connectivity index (χ1n) is 12.3. The number of aryl methyl sites for hydroxylation is 1. The lowest BCUT2D eigenvalue weighted by atomic mass is 9.78. The van der Waals surface area contributed by atoms with E-state index in [1.54, 1.807) is 31.1 Å². The van der Waals surface area contributed by atoms with Crippen molar-refractivity contribution in [2.24, 2.45) is 17.8 Å². The molecule has 0 radical (unpaired) electrons. The number of rotatable bonds is 5. The highest BCUT2D eigenvalue weighted by Crippen LogP contribution is 2.40. The van der Waals surface area contributed by atoms with Crippen LogP contribution in [-0.2, 0) is 17.5 Å². The zero-order chi connectivity index (χ0) is 26.0. The van der Waals surface area contributed by atoms with Gasteiger partial charge in [-0.3, -0.25) is 14.7 Å². The SMILES string of the molecule is Cc1ccc(CN2CCC([C@@H]3CN(c4ccc(C#N)c(C(F)(F)F)c4)C[C@H]3C(=O)N(C)C)CC2)nc1. The summed E-state index contributed by atoms with van der Waals surface area (Å²) in [5.74, 6) is 0.106. The van der Waals surface area contributed by atoms with Gasteiger partial charge in [0.25, 0.3) is 0 Å². The third kappa shape index (κ3) is 5.65. The molecule has 0 aliphatic carbocycles. The van der Waals surface area contributed by atoms with Gasteiger partial charge in [-0.15, -0.1) is 0 Å². The summed E-state index contributed by atoms with van der Waals surface area (Å²) in [6, 6.07) is 9.59. The van der Waals surface area contributed by atoms with Gasteiger partial charge >= 0.3 is 6.18 Å². The van der Waals surface area contributed by atoms with Crippen LogP contribution < -0.4 is 4.90 Å². The maximum Gasteiger partial charge on any atom is 0.417 e. The highest BCUT2D eigenvalue weighted by molar-refractivity contribution is 5.80. The standard InChI is InChI=1S/C27H32F3N5O/c1-18-4-6-21(32-14-18)15-34-10-8-19(9-11-34)23-16-35(17-24(23)26(36)33(2)3)22-7-5-20(13-31)25(12-22)27(28,29)30/h4-7,12,14,19,23-24H,8-11,15-17H2,1-3H3/t23-,24+/m0/s1. The fourth-order valence-electron chi connectivity index (χ4n) is 5.53. The summed E-state index contributed by atoms with van der Waals surface area (Å²) in [6.45, 7) is 5.50. The minimum atomic E-state index is -4.61. The lowest BCUT2D eigenvalue weighted by molar-refractivity contribution is -0.137. The minimum Gasteiger partial charge on any atom is -0.370 e. The van der Waals surface area contributed by atoms with Gasteiger partial charge in [0.05, 0.1) is 28.8 Å². The number of aromatic nitrogens is 1. The van der Waals surface area contributed by atoms with Gasteiger partial charge in [0.15, 0.2) is 0 Å². The molecule has 9 heteroatoms. The second kappa shape index (κ2) is 10.5. The maximum atomic E-state index is 13.6. The molecule has 0 N–H and O–H groups in total. The Balaban J connectivity index is 1.49. The predicted octanol–water partition coefficient (Wildman–Crippen LogP) is 4.33. The van der Waals surface area contributed by atoms with E-state index in [1.807, 2.05) is 18.0 Å². The second-order valence-corrected chi connectivity index (χ2v) is 10.2. The third-order valence-electron chi connectivity index (χ3n) is 7.51. The summed E-state index contributed by atoms with van der Waals surface area (Å²) in [7, 11) is 3.45. The van der Waals surface area contributed by atoms with Gasteiger partial charge in [0, 0.05) is 45.6 Å². The number of carbonyl (C=O) groups is 1. The van der Waals surface area contributed by atoms with Gasteiger partial charge in [-0.25, -0.2) is 0 Å². The van der Waals surface area contributed by atoms with Crippen molar-refractivity contribution in [2.45, 2.75) is 32.5 Å². The van der Waals surface area contributed by atoms with Crippen molar-refractivity contribution in [1.82, 2.24) is 14.8 Å². The molecule has 1 amide bonds. The number of nitriles is 1. The quantitative estimate of drug-likeness (QED) is 0.613. The van der Waals surface area contributed by atoms with Gasteiger partial charge < -0.3 is 9.80 Å². The number of amides is 1. The van der Waals surface area contributed by atoms with E-state index in [-0.39, 0.29) is 17.7 Å².